The maximum absolute atomic E-state index is 12.0. The average molecular weight is 378 g/mol. The summed E-state index contributed by atoms with van der Waals surface area (Å²) < 4.78 is 7.86. The number of aldehydes is 1. The standard InChI is InChI=1S/C25H31NO2/c1-7-17(4)21-11-19(12-22(18(5)8-2)25(21)28-6)23-13-20-10-9-16(3)14-26(20)24(23)15-27/h9-15,17-18H,7-8H2,1-6H3. The van der Waals surface area contributed by atoms with Gasteiger partial charge in [-0.3, -0.25) is 4.79 Å². The predicted octanol–water partition coefficient (Wildman–Crippen LogP) is 6.76. The SMILES string of the molecule is CCC(C)c1cc(-c2cc3ccc(C)cn3c2C=O)cc(C(C)CC)c1OC. The van der Waals surface area contributed by atoms with E-state index in [0.717, 1.165) is 47.1 Å². The molecule has 2 atom stereocenters. The Balaban J connectivity index is 2.33. The lowest BCUT2D eigenvalue weighted by Crippen LogP contribution is -2.04. The van der Waals surface area contributed by atoms with Gasteiger partial charge >= 0.3 is 0 Å². The van der Waals surface area contributed by atoms with Crippen LogP contribution in [0.3, 0.4) is 0 Å². The zero-order chi connectivity index (χ0) is 20.4. The fourth-order valence-corrected chi connectivity index (χ4v) is 3.89. The van der Waals surface area contributed by atoms with Crippen molar-refractivity contribution >= 4 is 11.8 Å². The molecule has 2 heterocycles. The number of aromatic nitrogens is 1. The van der Waals surface area contributed by atoms with Crippen molar-refractivity contribution in [3.8, 4) is 16.9 Å². The largest absolute Gasteiger partial charge is 0.496 e. The van der Waals surface area contributed by atoms with Crippen molar-refractivity contribution in [1.82, 2.24) is 4.40 Å². The van der Waals surface area contributed by atoms with Gasteiger partial charge in [0.05, 0.1) is 12.8 Å². The summed E-state index contributed by atoms with van der Waals surface area (Å²) in [5.41, 5.74) is 7.39. The quantitative estimate of drug-likeness (QED) is 0.426. The zero-order valence-electron chi connectivity index (χ0n) is 17.9. The van der Waals surface area contributed by atoms with Crippen LogP contribution in [0.2, 0.25) is 0 Å². The van der Waals surface area contributed by atoms with Gasteiger partial charge < -0.3 is 9.14 Å². The van der Waals surface area contributed by atoms with Gasteiger partial charge in [0.1, 0.15) is 5.75 Å². The van der Waals surface area contributed by atoms with Crippen molar-refractivity contribution in [2.75, 3.05) is 7.11 Å². The van der Waals surface area contributed by atoms with Gasteiger partial charge in [-0.05, 0) is 78.1 Å². The van der Waals surface area contributed by atoms with Gasteiger partial charge in [0, 0.05) is 17.3 Å². The number of hydrogen-bond acceptors (Lipinski definition) is 2. The van der Waals surface area contributed by atoms with Crippen LogP contribution in [0.4, 0.5) is 0 Å². The molecule has 0 amide bonds. The second kappa shape index (κ2) is 8.22. The van der Waals surface area contributed by atoms with E-state index in [0.29, 0.717) is 17.5 Å². The predicted molar refractivity (Wildman–Crippen MR) is 117 cm³/mol. The van der Waals surface area contributed by atoms with E-state index >= 15 is 0 Å². The number of methoxy groups -OCH3 is 1. The van der Waals surface area contributed by atoms with Crippen LogP contribution in [0.5, 0.6) is 5.75 Å². The Morgan fingerprint density at radius 3 is 2.14 bits per heavy atom. The lowest BCUT2D eigenvalue weighted by atomic mass is 9.86. The number of rotatable bonds is 7. The molecule has 3 nitrogen and oxygen atoms in total. The topological polar surface area (TPSA) is 30.7 Å². The molecular formula is C25H31NO2. The first kappa shape index (κ1) is 20.2. The second-order valence-electron chi connectivity index (χ2n) is 7.87. The monoisotopic (exact) mass is 377 g/mol. The highest BCUT2D eigenvalue weighted by molar-refractivity contribution is 5.90. The third kappa shape index (κ3) is 3.46. The first-order valence-corrected chi connectivity index (χ1v) is 10.2. The van der Waals surface area contributed by atoms with Crippen LogP contribution < -0.4 is 4.74 Å². The summed E-state index contributed by atoms with van der Waals surface area (Å²) in [6.07, 6.45) is 5.07. The molecule has 0 saturated carbocycles. The van der Waals surface area contributed by atoms with Crippen LogP contribution in [0, 0.1) is 6.92 Å². The number of hydrogen-bond donors (Lipinski definition) is 0. The molecule has 3 rings (SSSR count). The summed E-state index contributed by atoms with van der Waals surface area (Å²) in [5.74, 6) is 1.77. The summed E-state index contributed by atoms with van der Waals surface area (Å²) in [7, 11) is 1.76. The van der Waals surface area contributed by atoms with E-state index in [2.05, 4.69) is 58.0 Å². The smallest absolute Gasteiger partial charge is 0.167 e. The van der Waals surface area contributed by atoms with E-state index in [1.54, 1.807) is 7.11 Å². The van der Waals surface area contributed by atoms with Gasteiger partial charge in [-0.25, -0.2) is 0 Å². The Kier molecular flexibility index (Phi) is 5.93. The molecule has 0 spiro atoms. The van der Waals surface area contributed by atoms with Crippen LogP contribution in [-0.2, 0) is 0 Å². The van der Waals surface area contributed by atoms with E-state index in [9.17, 15) is 4.79 Å². The summed E-state index contributed by atoms with van der Waals surface area (Å²) in [6.45, 7) is 10.9. The molecule has 0 aliphatic rings. The van der Waals surface area contributed by atoms with Crippen molar-refractivity contribution in [2.45, 2.75) is 59.3 Å². The van der Waals surface area contributed by atoms with Crippen molar-refractivity contribution in [1.29, 1.82) is 0 Å². The van der Waals surface area contributed by atoms with E-state index in [-0.39, 0.29) is 0 Å². The molecule has 2 aromatic heterocycles. The van der Waals surface area contributed by atoms with Crippen LogP contribution in [0.1, 0.15) is 79.6 Å². The lowest BCUT2D eigenvalue weighted by Gasteiger charge is -2.22. The Hall–Kier alpha value is -2.55. The Morgan fingerprint density at radius 1 is 1.04 bits per heavy atom. The van der Waals surface area contributed by atoms with Gasteiger partial charge in [-0.2, -0.15) is 0 Å². The first-order chi connectivity index (χ1) is 13.4. The molecule has 0 fully saturated rings. The number of benzene rings is 1. The minimum atomic E-state index is 0.386. The van der Waals surface area contributed by atoms with Crippen molar-refractivity contribution in [3.63, 3.8) is 0 Å². The van der Waals surface area contributed by atoms with E-state index in [1.165, 1.54) is 11.1 Å². The van der Waals surface area contributed by atoms with Crippen LogP contribution >= 0.6 is 0 Å². The van der Waals surface area contributed by atoms with Crippen molar-refractivity contribution < 1.29 is 9.53 Å². The molecule has 0 aliphatic carbocycles. The molecule has 2 unspecified atom stereocenters. The normalized spacial score (nSPS) is 13.5. The van der Waals surface area contributed by atoms with Gasteiger partial charge in [0.25, 0.3) is 0 Å². The molecule has 0 saturated heterocycles. The van der Waals surface area contributed by atoms with E-state index < -0.39 is 0 Å². The molecule has 148 valence electrons. The molecule has 0 aliphatic heterocycles. The Morgan fingerprint density at radius 2 is 1.64 bits per heavy atom. The summed E-state index contributed by atoms with van der Waals surface area (Å²) in [6, 6.07) is 10.7. The number of fused-ring (bicyclic) bond motifs is 1. The second-order valence-corrected chi connectivity index (χ2v) is 7.87. The molecule has 0 radical (unpaired) electrons. The maximum Gasteiger partial charge on any atom is 0.167 e. The number of ether oxygens (including phenoxy) is 1. The number of aryl methyl sites for hydroxylation is 1. The summed E-state index contributed by atoms with van der Waals surface area (Å²) in [5, 5.41) is 0. The number of nitrogens with zero attached hydrogens (tertiary/aromatic N) is 1. The highest BCUT2D eigenvalue weighted by Crippen LogP contribution is 2.41. The van der Waals surface area contributed by atoms with Crippen LogP contribution in [-0.4, -0.2) is 17.8 Å². The van der Waals surface area contributed by atoms with Crippen LogP contribution in [0.25, 0.3) is 16.6 Å². The van der Waals surface area contributed by atoms with E-state index in [1.807, 2.05) is 17.5 Å². The molecule has 0 N–H and O–H groups in total. The first-order valence-electron chi connectivity index (χ1n) is 10.2. The van der Waals surface area contributed by atoms with Crippen LogP contribution in [0.15, 0.2) is 36.5 Å². The molecular weight excluding hydrogens is 346 g/mol. The summed E-state index contributed by atoms with van der Waals surface area (Å²) >= 11 is 0. The fraction of sp³-hybridized carbons (Fsp3) is 0.400. The highest BCUT2D eigenvalue weighted by Gasteiger charge is 2.21. The molecule has 1 aromatic carbocycles. The lowest BCUT2D eigenvalue weighted by molar-refractivity contribution is 0.111. The number of carbonyl (C=O) groups is 1. The summed E-state index contributed by atoms with van der Waals surface area (Å²) in [4.78, 5) is 12.0. The van der Waals surface area contributed by atoms with Crippen molar-refractivity contribution in [2.24, 2.45) is 0 Å². The Bertz CT molecular complexity index is 968. The van der Waals surface area contributed by atoms with Gasteiger partial charge in [-0.1, -0.05) is 33.8 Å². The maximum atomic E-state index is 12.0. The third-order valence-corrected chi connectivity index (χ3v) is 6.02. The minimum Gasteiger partial charge on any atom is -0.496 e. The van der Waals surface area contributed by atoms with Gasteiger partial charge in [-0.15, -0.1) is 0 Å². The minimum absolute atomic E-state index is 0.386. The van der Waals surface area contributed by atoms with Crippen molar-refractivity contribution in [3.05, 3.63) is 58.9 Å². The molecule has 0 bridgehead atoms. The fourth-order valence-electron chi connectivity index (χ4n) is 3.89. The third-order valence-electron chi connectivity index (χ3n) is 6.02. The zero-order valence-corrected chi connectivity index (χ0v) is 17.9. The highest BCUT2D eigenvalue weighted by atomic mass is 16.5. The van der Waals surface area contributed by atoms with Gasteiger partial charge in [0.2, 0.25) is 0 Å². The molecule has 3 aromatic rings. The van der Waals surface area contributed by atoms with Gasteiger partial charge in [0.15, 0.2) is 6.29 Å². The molecule has 28 heavy (non-hydrogen) atoms. The molecule has 3 heteroatoms. The van der Waals surface area contributed by atoms with E-state index in [4.69, 9.17) is 4.74 Å². The average Bonchev–Trinajstić information content (AvgIpc) is 3.08. The Labute approximate surface area is 168 Å². The number of pyridine rings is 1. The number of carbonyl (C=O) groups excluding carboxylic acids is 1.